The number of fused-ring (bicyclic) bond motifs is 2. The van der Waals surface area contributed by atoms with Crippen LogP contribution in [-0.4, -0.2) is 29.2 Å². The van der Waals surface area contributed by atoms with Crippen LogP contribution >= 0.6 is 0 Å². The summed E-state index contributed by atoms with van der Waals surface area (Å²) in [5, 5.41) is 3.54. The van der Waals surface area contributed by atoms with Crippen LogP contribution in [0.15, 0.2) is 33.5 Å². The van der Waals surface area contributed by atoms with Gasteiger partial charge in [-0.25, -0.2) is 4.79 Å². The fraction of sp³-hybridized carbons (Fsp3) is 0.429. The zero-order valence-corrected chi connectivity index (χ0v) is 15.7. The largest absolute Gasteiger partial charge is 0.423 e. The molecular weight excluding hydrogens is 360 g/mol. The van der Waals surface area contributed by atoms with Crippen LogP contribution in [-0.2, 0) is 14.4 Å². The van der Waals surface area contributed by atoms with Gasteiger partial charge in [-0.2, -0.15) is 0 Å². The van der Waals surface area contributed by atoms with Crippen molar-refractivity contribution in [3.05, 3.63) is 40.2 Å². The summed E-state index contributed by atoms with van der Waals surface area (Å²) in [5.74, 6) is -0.965. The molecule has 1 aromatic heterocycles. The molecule has 4 rings (SSSR count). The molecule has 1 saturated carbocycles. The number of carbonyl (C=O) groups excluding carboxylic acids is 3. The quantitative estimate of drug-likeness (QED) is 0.648. The Labute approximate surface area is 161 Å². The molecule has 2 atom stereocenters. The molecule has 1 N–H and O–H groups in total. The van der Waals surface area contributed by atoms with Crippen molar-refractivity contribution in [3.8, 4) is 0 Å². The molecule has 1 aliphatic carbocycles. The van der Waals surface area contributed by atoms with E-state index in [4.69, 9.17) is 4.42 Å². The van der Waals surface area contributed by atoms with E-state index in [9.17, 15) is 19.2 Å². The maximum Gasteiger partial charge on any atom is 0.336 e. The van der Waals surface area contributed by atoms with Gasteiger partial charge in [-0.3, -0.25) is 19.3 Å². The number of amides is 3. The standard InChI is InChI=1S/C21H22N2O5/c1-12-10-19(25)28-17-11-13(6-7-14(12)17)22-18(24)8-9-23-20(26)15-4-2-3-5-16(15)21(23)27/h6-7,10-11,15-16H,2-5,8-9H2,1H3,(H,22,24)/t15-,16+. The number of rotatable bonds is 4. The molecule has 0 bridgehead atoms. The Kier molecular flexibility index (Phi) is 4.75. The number of likely N-dealkylation sites (tertiary alicyclic amines) is 1. The molecule has 1 saturated heterocycles. The van der Waals surface area contributed by atoms with Gasteiger partial charge in [-0.15, -0.1) is 0 Å². The summed E-state index contributed by atoms with van der Waals surface area (Å²) in [6.07, 6.45) is 3.52. The van der Waals surface area contributed by atoms with Crippen LogP contribution in [0.4, 0.5) is 5.69 Å². The maximum absolute atomic E-state index is 12.5. The number of benzene rings is 1. The summed E-state index contributed by atoms with van der Waals surface area (Å²) in [6, 6.07) is 6.53. The van der Waals surface area contributed by atoms with E-state index in [2.05, 4.69) is 5.32 Å². The third-order valence-electron chi connectivity index (χ3n) is 5.73. The molecule has 7 heteroatoms. The van der Waals surface area contributed by atoms with Crippen molar-refractivity contribution in [1.82, 2.24) is 4.90 Å². The molecule has 146 valence electrons. The van der Waals surface area contributed by atoms with Crippen molar-refractivity contribution < 1.29 is 18.8 Å². The van der Waals surface area contributed by atoms with Crippen molar-refractivity contribution in [1.29, 1.82) is 0 Å². The number of hydrogen-bond acceptors (Lipinski definition) is 5. The topological polar surface area (TPSA) is 96.7 Å². The molecule has 28 heavy (non-hydrogen) atoms. The van der Waals surface area contributed by atoms with Crippen LogP contribution in [0.2, 0.25) is 0 Å². The molecule has 2 heterocycles. The number of nitrogens with zero attached hydrogens (tertiary/aromatic N) is 1. The van der Waals surface area contributed by atoms with Crippen LogP contribution in [0.1, 0.15) is 37.7 Å². The minimum absolute atomic E-state index is 0.0344. The summed E-state index contributed by atoms with van der Waals surface area (Å²) in [7, 11) is 0. The third kappa shape index (κ3) is 3.32. The van der Waals surface area contributed by atoms with E-state index < -0.39 is 5.63 Å². The van der Waals surface area contributed by atoms with Crippen molar-refractivity contribution >= 4 is 34.4 Å². The van der Waals surface area contributed by atoms with Gasteiger partial charge in [0.15, 0.2) is 0 Å². The van der Waals surface area contributed by atoms with Gasteiger partial charge in [0.2, 0.25) is 17.7 Å². The predicted molar refractivity (Wildman–Crippen MR) is 103 cm³/mol. The molecule has 0 radical (unpaired) electrons. The number of aryl methyl sites for hydroxylation is 1. The lowest BCUT2D eigenvalue weighted by atomic mass is 9.81. The fourth-order valence-corrected chi connectivity index (χ4v) is 4.29. The molecule has 2 fully saturated rings. The minimum Gasteiger partial charge on any atom is -0.423 e. The van der Waals surface area contributed by atoms with Gasteiger partial charge in [-0.1, -0.05) is 12.8 Å². The average molecular weight is 382 g/mol. The van der Waals surface area contributed by atoms with E-state index in [-0.39, 0.29) is 42.5 Å². The third-order valence-corrected chi connectivity index (χ3v) is 5.73. The number of anilines is 1. The normalized spacial score (nSPS) is 21.8. The highest BCUT2D eigenvalue weighted by Crippen LogP contribution is 2.38. The van der Waals surface area contributed by atoms with Gasteiger partial charge >= 0.3 is 5.63 Å². The Morgan fingerprint density at radius 2 is 1.79 bits per heavy atom. The number of nitrogens with one attached hydrogen (secondary N) is 1. The first-order valence-electron chi connectivity index (χ1n) is 9.63. The average Bonchev–Trinajstić information content (AvgIpc) is 2.90. The monoisotopic (exact) mass is 382 g/mol. The molecule has 1 aliphatic heterocycles. The molecule has 2 aromatic rings. The molecule has 3 amide bonds. The van der Waals surface area contributed by atoms with E-state index in [1.54, 1.807) is 18.2 Å². The second-order valence-corrected chi connectivity index (χ2v) is 7.58. The van der Waals surface area contributed by atoms with Gasteiger partial charge < -0.3 is 9.73 Å². The molecule has 1 aromatic carbocycles. The highest BCUT2D eigenvalue weighted by molar-refractivity contribution is 6.05. The second-order valence-electron chi connectivity index (χ2n) is 7.58. The summed E-state index contributed by atoms with van der Waals surface area (Å²) < 4.78 is 5.18. The Hall–Kier alpha value is -2.96. The molecule has 2 aliphatic rings. The van der Waals surface area contributed by atoms with Gasteiger partial charge in [0.1, 0.15) is 5.58 Å². The molecular formula is C21H22N2O5. The lowest BCUT2D eigenvalue weighted by molar-refractivity contribution is -0.140. The first-order valence-corrected chi connectivity index (χ1v) is 9.63. The fourth-order valence-electron chi connectivity index (χ4n) is 4.29. The smallest absolute Gasteiger partial charge is 0.336 e. The van der Waals surface area contributed by atoms with Gasteiger partial charge in [0, 0.05) is 36.2 Å². The Balaban J connectivity index is 1.41. The van der Waals surface area contributed by atoms with Crippen molar-refractivity contribution in [2.24, 2.45) is 11.8 Å². The maximum atomic E-state index is 12.5. The molecule has 0 unspecified atom stereocenters. The highest BCUT2D eigenvalue weighted by atomic mass is 16.4. The predicted octanol–water partition coefficient (Wildman–Crippen LogP) is 2.61. The number of carbonyl (C=O) groups is 3. The minimum atomic E-state index is -0.444. The van der Waals surface area contributed by atoms with Crippen LogP contribution < -0.4 is 10.9 Å². The van der Waals surface area contributed by atoms with E-state index in [1.807, 2.05) is 6.92 Å². The van der Waals surface area contributed by atoms with E-state index in [0.29, 0.717) is 11.3 Å². The lowest BCUT2D eigenvalue weighted by Crippen LogP contribution is -2.34. The number of imide groups is 1. The second kappa shape index (κ2) is 7.22. The SMILES string of the molecule is Cc1cc(=O)oc2cc(NC(=O)CCN3C(=O)[C@H]4CCCC[C@H]4C3=O)ccc12. The zero-order valence-electron chi connectivity index (χ0n) is 15.7. The Bertz CT molecular complexity index is 1000. The summed E-state index contributed by atoms with van der Waals surface area (Å²) >= 11 is 0. The first kappa shape index (κ1) is 18.4. The molecule has 7 nitrogen and oxygen atoms in total. The van der Waals surface area contributed by atoms with Crippen molar-refractivity contribution in [2.45, 2.75) is 39.0 Å². The van der Waals surface area contributed by atoms with Crippen LogP contribution in [0, 0.1) is 18.8 Å². The molecule has 0 spiro atoms. The van der Waals surface area contributed by atoms with Gasteiger partial charge in [0.05, 0.1) is 11.8 Å². The van der Waals surface area contributed by atoms with Gasteiger partial charge in [-0.05, 0) is 37.5 Å². The highest BCUT2D eigenvalue weighted by Gasteiger charge is 2.47. The van der Waals surface area contributed by atoms with Crippen LogP contribution in [0.5, 0.6) is 0 Å². The van der Waals surface area contributed by atoms with Crippen molar-refractivity contribution in [2.75, 3.05) is 11.9 Å². The van der Waals surface area contributed by atoms with Crippen LogP contribution in [0.25, 0.3) is 11.0 Å². The van der Waals surface area contributed by atoms with Crippen LogP contribution in [0.3, 0.4) is 0 Å². The Morgan fingerprint density at radius 1 is 1.11 bits per heavy atom. The van der Waals surface area contributed by atoms with E-state index in [0.717, 1.165) is 36.6 Å². The lowest BCUT2D eigenvalue weighted by Gasteiger charge is -2.19. The van der Waals surface area contributed by atoms with Gasteiger partial charge in [0.25, 0.3) is 0 Å². The number of hydrogen-bond donors (Lipinski definition) is 1. The van der Waals surface area contributed by atoms with Crippen molar-refractivity contribution in [3.63, 3.8) is 0 Å². The van der Waals surface area contributed by atoms with E-state index >= 15 is 0 Å². The zero-order chi connectivity index (χ0) is 19.8. The summed E-state index contributed by atoms with van der Waals surface area (Å²) in [4.78, 5) is 50.0. The summed E-state index contributed by atoms with van der Waals surface area (Å²) in [5.41, 5.74) is 1.26. The first-order chi connectivity index (χ1) is 13.4. The van der Waals surface area contributed by atoms with E-state index in [1.165, 1.54) is 11.0 Å². The Morgan fingerprint density at radius 3 is 2.46 bits per heavy atom. The summed E-state index contributed by atoms with van der Waals surface area (Å²) in [6.45, 7) is 1.91.